The summed E-state index contributed by atoms with van der Waals surface area (Å²) < 4.78 is 4.10. The second-order valence-electron chi connectivity index (χ2n) is 6.21. The van der Waals surface area contributed by atoms with Crippen LogP contribution in [0.2, 0.25) is 0 Å². The van der Waals surface area contributed by atoms with Gasteiger partial charge >= 0.3 is 0 Å². The number of rotatable bonds is 4. The molecule has 0 fully saturated rings. The fraction of sp³-hybridized carbons (Fsp3) is 0.100. The van der Waals surface area contributed by atoms with Crippen LogP contribution >= 0.6 is 0 Å². The summed E-state index contributed by atoms with van der Waals surface area (Å²) in [7, 11) is 0. The molecule has 0 radical (unpaired) electrons. The number of nitrogen functional groups attached to an aromatic ring is 2. The predicted molar refractivity (Wildman–Crippen MR) is 99.8 cm³/mol. The van der Waals surface area contributed by atoms with Crippen LogP contribution < -0.4 is 20.6 Å². The molecule has 128 valence electrons. The van der Waals surface area contributed by atoms with Gasteiger partial charge in [-0.15, -0.1) is 0 Å². The molecule has 0 spiro atoms. The van der Waals surface area contributed by atoms with Crippen molar-refractivity contribution in [3.63, 3.8) is 0 Å². The molecular weight excluding hydrogens is 324 g/mol. The average Bonchev–Trinajstić information content (AvgIpc) is 2.66. The van der Waals surface area contributed by atoms with Crippen molar-refractivity contribution in [2.75, 3.05) is 11.5 Å². The Balaban J connectivity index is 1.75. The van der Waals surface area contributed by atoms with E-state index in [-0.39, 0.29) is 0 Å². The first-order valence-corrected chi connectivity index (χ1v) is 8.41. The summed E-state index contributed by atoms with van der Waals surface area (Å²) in [6.45, 7) is 1.26. The SMILES string of the molecule is Nc1cc[n+](Cc2nc3ccccc3nc2C[n+]2ccc(N)cc2)cc1. The van der Waals surface area contributed by atoms with Gasteiger partial charge in [0.1, 0.15) is 11.4 Å². The number of aromatic nitrogens is 4. The molecule has 0 aliphatic carbocycles. The van der Waals surface area contributed by atoms with E-state index in [0.29, 0.717) is 13.1 Å². The van der Waals surface area contributed by atoms with E-state index in [1.165, 1.54) is 0 Å². The van der Waals surface area contributed by atoms with Gasteiger partial charge in [-0.3, -0.25) is 0 Å². The maximum Gasteiger partial charge on any atom is 0.192 e. The van der Waals surface area contributed by atoms with E-state index >= 15 is 0 Å². The Hall–Kier alpha value is -3.54. The van der Waals surface area contributed by atoms with Crippen LogP contribution in [0.15, 0.2) is 73.3 Å². The zero-order chi connectivity index (χ0) is 17.9. The summed E-state index contributed by atoms with van der Waals surface area (Å²) in [5, 5.41) is 0. The van der Waals surface area contributed by atoms with Gasteiger partial charge in [-0.2, -0.15) is 9.13 Å². The monoisotopic (exact) mass is 344 g/mol. The molecule has 0 atom stereocenters. The van der Waals surface area contributed by atoms with Gasteiger partial charge in [-0.1, -0.05) is 12.1 Å². The number of nitrogens with two attached hydrogens (primary N) is 2. The van der Waals surface area contributed by atoms with Gasteiger partial charge < -0.3 is 11.5 Å². The highest BCUT2D eigenvalue weighted by Gasteiger charge is 2.17. The standard InChI is InChI=1S/C20H18N6/c21-15-5-9-25(10-6-15)13-19-20(14-26-11-7-16(22)8-12-26)24-18-4-2-1-3-17(18)23-19/h1-12,21-22H,13-14H2/p+2. The van der Waals surface area contributed by atoms with E-state index in [2.05, 4.69) is 0 Å². The second-order valence-corrected chi connectivity index (χ2v) is 6.21. The van der Waals surface area contributed by atoms with Crippen LogP contribution in [0.4, 0.5) is 11.4 Å². The van der Waals surface area contributed by atoms with Crippen LogP contribution in [-0.4, -0.2) is 9.97 Å². The smallest absolute Gasteiger partial charge is 0.192 e. The van der Waals surface area contributed by atoms with Crippen LogP contribution in [0.5, 0.6) is 0 Å². The number of nitrogens with zero attached hydrogens (tertiary/aromatic N) is 4. The number of benzene rings is 1. The summed E-state index contributed by atoms with van der Waals surface area (Å²) >= 11 is 0. The molecule has 26 heavy (non-hydrogen) atoms. The largest absolute Gasteiger partial charge is 0.398 e. The lowest BCUT2D eigenvalue weighted by molar-refractivity contribution is -0.694. The maximum absolute atomic E-state index is 5.78. The van der Waals surface area contributed by atoms with E-state index in [1.54, 1.807) is 0 Å². The van der Waals surface area contributed by atoms with Crippen molar-refractivity contribution in [1.82, 2.24) is 9.97 Å². The van der Waals surface area contributed by atoms with E-state index in [1.807, 2.05) is 82.5 Å². The first-order valence-electron chi connectivity index (χ1n) is 8.41. The zero-order valence-electron chi connectivity index (χ0n) is 14.3. The van der Waals surface area contributed by atoms with Crippen LogP contribution in [-0.2, 0) is 13.1 Å². The summed E-state index contributed by atoms with van der Waals surface area (Å²) in [4.78, 5) is 9.71. The fourth-order valence-corrected chi connectivity index (χ4v) is 2.82. The third kappa shape index (κ3) is 3.44. The third-order valence-corrected chi connectivity index (χ3v) is 4.22. The minimum atomic E-state index is 0.628. The molecule has 6 heteroatoms. The predicted octanol–water partition coefficient (Wildman–Crippen LogP) is 1.47. The molecule has 4 aromatic rings. The average molecular weight is 344 g/mol. The van der Waals surface area contributed by atoms with Crippen molar-refractivity contribution in [2.45, 2.75) is 13.1 Å². The van der Waals surface area contributed by atoms with Crippen LogP contribution in [0.3, 0.4) is 0 Å². The Morgan fingerprint density at radius 3 is 1.38 bits per heavy atom. The molecule has 0 amide bonds. The number of pyridine rings is 2. The number of hydrogen-bond acceptors (Lipinski definition) is 4. The normalized spacial score (nSPS) is 10.9. The lowest BCUT2D eigenvalue weighted by Crippen LogP contribution is -2.38. The Bertz CT molecular complexity index is 956. The lowest BCUT2D eigenvalue weighted by atomic mass is 10.2. The molecule has 3 heterocycles. The summed E-state index contributed by atoms with van der Waals surface area (Å²) in [6.07, 6.45) is 7.80. The molecule has 0 saturated heterocycles. The van der Waals surface area contributed by atoms with Gasteiger partial charge in [0.25, 0.3) is 0 Å². The topological polar surface area (TPSA) is 85.6 Å². The Labute approximate surface area is 151 Å². The molecule has 4 N–H and O–H groups in total. The number of fused-ring (bicyclic) bond motifs is 1. The number of para-hydroxylation sites is 2. The van der Waals surface area contributed by atoms with E-state index in [4.69, 9.17) is 21.4 Å². The third-order valence-electron chi connectivity index (χ3n) is 4.22. The van der Waals surface area contributed by atoms with E-state index in [9.17, 15) is 0 Å². The van der Waals surface area contributed by atoms with Gasteiger partial charge in [-0.25, -0.2) is 9.97 Å². The molecule has 3 aromatic heterocycles. The van der Waals surface area contributed by atoms with Gasteiger partial charge in [-0.05, 0) is 12.1 Å². The number of anilines is 2. The van der Waals surface area contributed by atoms with Crippen molar-refractivity contribution in [3.8, 4) is 0 Å². The molecule has 1 aromatic carbocycles. The van der Waals surface area contributed by atoms with Gasteiger partial charge in [0, 0.05) is 35.6 Å². The highest BCUT2D eigenvalue weighted by Crippen LogP contribution is 2.13. The quantitative estimate of drug-likeness (QED) is 0.549. The minimum absolute atomic E-state index is 0.628. The molecule has 0 aliphatic rings. The highest BCUT2D eigenvalue weighted by molar-refractivity contribution is 5.74. The van der Waals surface area contributed by atoms with Crippen molar-refractivity contribution in [1.29, 1.82) is 0 Å². The second kappa shape index (κ2) is 6.76. The fourth-order valence-electron chi connectivity index (χ4n) is 2.82. The molecule has 4 rings (SSSR count). The lowest BCUT2D eigenvalue weighted by Gasteiger charge is -2.06. The van der Waals surface area contributed by atoms with E-state index < -0.39 is 0 Å². The van der Waals surface area contributed by atoms with Crippen LogP contribution in [0, 0.1) is 0 Å². The first kappa shape index (κ1) is 16.0. The molecular formula is C20H20N6+2. The molecule has 0 aliphatic heterocycles. The van der Waals surface area contributed by atoms with Crippen molar-refractivity contribution in [3.05, 3.63) is 84.7 Å². The first-order chi connectivity index (χ1) is 12.7. The van der Waals surface area contributed by atoms with Crippen molar-refractivity contribution < 1.29 is 9.13 Å². The summed E-state index contributed by atoms with van der Waals surface area (Å²) in [5.74, 6) is 0. The maximum atomic E-state index is 5.78. The Morgan fingerprint density at radius 1 is 0.615 bits per heavy atom. The highest BCUT2D eigenvalue weighted by atomic mass is 15.0. The van der Waals surface area contributed by atoms with Crippen LogP contribution in [0.1, 0.15) is 11.4 Å². The molecule has 0 bridgehead atoms. The minimum Gasteiger partial charge on any atom is -0.398 e. The van der Waals surface area contributed by atoms with Crippen LogP contribution in [0.25, 0.3) is 11.0 Å². The summed E-state index contributed by atoms with van der Waals surface area (Å²) in [6, 6.07) is 15.4. The Morgan fingerprint density at radius 2 is 1.00 bits per heavy atom. The van der Waals surface area contributed by atoms with Gasteiger partial charge in [0.15, 0.2) is 37.9 Å². The van der Waals surface area contributed by atoms with E-state index in [0.717, 1.165) is 33.8 Å². The van der Waals surface area contributed by atoms with Crippen molar-refractivity contribution >= 4 is 22.4 Å². The zero-order valence-corrected chi connectivity index (χ0v) is 14.3. The molecule has 0 unspecified atom stereocenters. The summed E-state index contributed by atoms with van der Waals surface area (Å²) in [5.41, 5.74) is 16.7. The van der Waals surface area contributed by atoms with Crippen molar-refractivity contribution in [2.24, 2.45) is 0 Å². The van der Waals surface area contributed by atoms with Gasteiger partial charge in [0.2, 0.25) is 0 Å². The number of hydrogen-bond donors (Lipinski definition) is 2. The Kier molecular flexibility index (Phi) is 4.15. The molecule has 0 saturated carbocycles. The van der Waals surface area contributed by atoms with Gasteiger partial charge in [0.05, 0.1) is 11.0 Å². The molecule has 6 nitrogen and oxygen atoms in total.